The fraction of sp³-hybridized carbons (Fsp3) is 0.200. The molecule has 104 valence electrons. The zero-order valence-corrected chi connectivity index (χ0v) is 11.3. The topological polar surface area (TPSA) is 100 Å². The highest BCUT2D eigenvalue weighted by molar-refractivity contribution is 6.37. The Morgan fingerprint density at radius 1 is 1.00 bits per heavy atom. The maximum atomic E-state index is 11.9. The first-order valence-corrected chi connectivity index (χ1v) is 5.99. The second kappa shape index (κ2) is 5.10. The van der Waals surface area contributed by atoms with Gasteiger partial charge in [0.25, 0.3) is 5.79 Å². The van der Waals surface area contributed by atoms with Crippen LogP contribution < -0.4 is 10.4 Å². The molecule has 0 spiro atoms. The predicted octanol–water partition coefficient (Wildman–Crippen LogP) is -0.129. The summed E-state index contributed by atoms with van der Waals surface area (Å²) in [4.78, 5) is 23.8. The summed E-state index contributed by atoms with van der Waals surface area (Å²) in [6.07, 6.45) is 0. The molecule has 1 aliphatic rings. The molecule has 1 saturated heterocycles. The number of benzene rings is 1. The van der Waals surface area contributed by atoms with Crippen LogP contribution in [0, 0.1) is 22.7 Å². The molecule has 0 N–H and O–H groups in total. The Labute approximate surface area is 120 Å². The number of hydrogen-bond acceptors (Lipinski definition) is 6. The van der Waals surface area contributed by atoms with Crippen LogP contribution in [0.3, 0.4) is 0 Å². The van der Waals surface area contributed by atoms with Gasteiger partial charge < -0.3 is 9.47 Å². The Balaban J connectivity index is 2.60. The molecule has 0 bridgehead atoms. The van der Waals surface area contributed by atoms with Crippen LogP contribution >= 0.6 is 0 Å². The summed E-state index contributed by atoms with van der Waals surface area (Å²) in [5, 5.41) is 18.3. The molecule has 0 amide bonds. The smallest absolute Gasteiger partial charge is 0.349 e. The quantitative estimate of drug-likeness (QED) is 0.614. The fourth-order valence-electron chi connectivity index (χ4n) is 1.85. The van der Waals surface area contributed by atoms with E-state index < -0.39 is 17.7 Å². The Morgan fingerprint density at radius 3 is 1.90 bits per heavy atom. The minimum atomic E-state index is -1.29. The highest BCUT2D eigenvalue weighted by atomic mass is 16.7. The molecule has 1 aromatic rings. The molecule has 1 heterocycles. The van der Waals surface area contributed by atoms with E-state index in [0.717, 1.165) is 0 Å². The van der Waals surface area contributed by atoms with Gasteiger partial charge in [0.05, 0.1) is 0 Å². The highest BCUT2D eigenvalue weighted by Crippen LogP contribution is 2.22. The first-order valence-electron chi connectivity index (χ1n) is 5.99. The molecule has 0 atom stereocenters. The monoisotopic (exact) mass is 282 g/mol. The normalized spacial score (nSPS) is 16.3. The minimum absolute atomic E-state index is 0.0542. The molecule has 1 aromatic carbocycles. The summed E-state index contributed by atoms with van der Waals surface area (Å²) in [7, 11) is 0. The third kappa shape index (κ3) is 2.75. The molecule has 2 rings (SSSR count). The Bertz CT molecular complexity index is 776. The van der Waals surface area contributed by atoms with Crippen LogP contribution in [-0.4, -0.2) is 17.7 Å². The lowest BCUT2D eigenvalue weighted by Gasteiger charge is -2.29. The van der Waals surface area contributed by atoms with Crippen LogP contribution in [0.5, 0.6) is 0 Å². The molecule has 1 aliphatic heterocycles. The van der Waals surface area contributed by atoms with Crippen molar-refractivity contribution in [1.29, 1.82) is 10.5 Å². The van der Waals surface area contributed by atoms with Gasteiger partial charge in [0.1, 0.15) is 17.7 Å². The van der Waals surface area contributed by atoms with Crippen molar-refractivity contribution in [3.8, 4) is 12.1 Å². The zero-order chi connectivity index (χ0) is 15.6. The van der Waals surface area contributed by atoms with Crippen molar-refractivity contribution in [2.45, 2.75) is 19.6 Å². The maximum absolute atomic E-state index is 11.9. The van der Waals surface area contributed by atoms with Gasteiger partial charge in [-0.2, -0.15) is 10.5 Å². The van der Waals surface area contributed by atoms with Gasteiger partial charge in [-0.15, -0.1) is 0 Å². The van der Waals surface area contributed by atoms with Gasteiger partial charge in [-0.3, -0.25) is 0 Å². The highest BCUT2D eigenvalue weighted by Gasteiger charge is 2.39. The van der Waals surface area contributed by atoms with E-state index in [9.17, 15) is 9.59 Å². The van der Waals surface area contributed by atoms with Crippen LogP contribution in [0.1, 0.15) is 13.8 Å². The zero-order valence-electron chi connectivity index (χ0n) is 11.3. The second-order valence-electron chi connectivity index (χ2n) is 4.73. The largest absolute Gasteiger partial charge is 0.419 e. The lowest BCUT2D eigenvalue weighted by Crippen LogP contribution is -2.43. The third-order valence-corrected chi connectivity index (χ3v) is 2.77. The number of carbonyl (C=O) groups is 2. The fourth-order valence-corrected chi connectivity index (χ4v) is 1.85. The lowest BCUT2D eigenvalue weighted by molar-refractivity contribution is -0.217. The van der Waals surface area contributed by atoms with E-state index in [2.05, 4.69) is 0 Å². The SMILES string of the molecule is CC1(C)OC(=O)C(=c2ccc(=C(C#N)C#N)cc2)C(=O)O1. The summed E-state index contributed by atoms with van der Waals surface area (Å²) in [6.45, 7) is 2.92. The van der Waals surface area contributed by atoms with Gasteiger partial charge in [0.15, 0.2) is 5.57 Å². The average Bonchev–Trinajstić information content (AvgIpc) is 2.39. The number of cyclic esters (lactones) is 2. The second-order valence-corrected chi connectivity index (χ2v) is 4.73. The molecule has 6 heteroatoms. The number of rotatable bonds is 0. The summed E-state index contributed by atoms with van der Waals surface area (Å²) in [5.74, 6) is -2.83. The predicted molar refractivity (Wildman–Crippen MR) is 70.0 cm³/mol. The molecule has 6 nitrogen and oxygen atoms in total. The van der Waals surface area contributed by atoms with Gasteiger partial charge in [0.2, 0.25) is 0 Å². The standard InChI is InChI=1S/C15H10N2O4/c1-15(2)20-13(18)12(14(19)21-15)10-5-3-9(4-6-10)11(7-16)8-17/h3-6H,1-2H3. The van der Waals surface area contributed by atoms with Gasteiger partial charge in [-0.1, -0.05) is 24.3 Å². The van der Waals surface area contributed by atoms with Crippen LogP contribution in [0.25, 0.3) is 11.1 Å². The van der Waals surface area contributed by atoms with E-state index in [1.165, 1.54) is 38.1 Å². The van der Waals surface area contributed by atoms with E-state index in [1.54, 1.807) is 12.1 Å². The van der Waals surface area contributed by atoms with Crippen molar-refractivity contribution in [2.24, 2.45) is 0 Å². The third-order valence-electron chi connectivity index (χ3n) is 2.77. The lowest BCUT2D eigenvalue weighted by atomic mass is 10.1. The van der Waals surface area contributed by atoms with Crippen LogP contribution in [-0.2, 0) is 19.1 Å². The van der Waals surface area contributed by atoms with Crippen molar-refractivity contribution >= 4 is 23.1 Å². The molecule has 1 fully saturated rings. The van der Waals surface area contributed by atoms with Crippen LogP contribution in [0.2, 0.25) is 0 Å². The van der Waals surface area contributed by atoms with E-state index in [0.29, 0.717) is 10.4 Å². The Morgan fingerprint density at radius 2 is 1.48 bits per heavy atom. The Hall–Kier alpha value is -3.12. The number of hydrogen-bond donors (Lipinski definition) is 0. The Kier molecular flexibility index (Phi) is 3.47. The van der Waals surface area contributed by atoms with Crippen molar-refractivity contribution in [3.63, 3.8) is 0 Å². The molecule has 0 radical (unpaired) electrons. The molecule has 0 unspecified atom stereocenters. The molecule has 0 saturated carbocycles. The van der Waals surface area contributed by atoms with Gasteiger partial charge in [0, 0.05) is 19.1 Å². The minimum Gasteiger partial charge on any atom is -0.419 e. The number of nitrogens with zero attached hydrogens (tertiary/aromatic N) is 2. The molecule has 0 aromatic heterocycles. The molecule has 21 heavy (non-hydrogen) atoms. The maximum Gasteiger partial charge on any atom is 0.349 e. The number of nitriles is 2. The molecule has 0 aliphatic carbocycles. The van der Waals surface area contributed by atoms with E-state index >= 15 is 0 Å². The number of esters is 2. The van der Waals surface area contributed by atoms with Crippen molar-refractivity contribution < 1.29 is 19.1 Å². The molecular formula is C15H10N2O4. The van der Waals surface area contributed by atoms with Gasteiger partial charge >= 0.3 is 11.9 Å². The van der Waals surface area contributed by atoms with Crippen molar-refractivity contribution in [3.05, 3.63) is 34.7 Å². The van der Waals surface area contributed by atoms with E-state index in [4.69, 9.17) is 20.0 Å². The number of carbonyl (C=O) groups excluding carboxylic acids is 2. The van der Waals surface area contributed by atoms with Gasteiger partial charge in [-0.25, -0.2) is 9.59 Å². The first-order chi connectivity index (χ1) is 9.88. The van der Waals surface area contributed by atoms with E-state index in [-0.39, 0.29) is 11.1 Å². The van der Waals surface area contributed by atoms with Crippen molar-refractivity contribution in [1.82, 2.24) is 0 Å². The van der Waals surface area contributed by atoms with Crippen LogP contribution in [0.4, 0.5) is 0 Å². The number of ether oxygens (including phenoxy) is 2. The average molecular weight is 282 g/mol. The summed E-state index contributed by atoms with van der Waals surface area (Å²) in [5.41, 5.74) is -0.266. The summed E-state index contributed by atoms with van der Waals surface area (Å²) < 4.78 is 10.0. The summed E-state index contributed by atoms with van der Waals surface area (Å²) >= 11 is 0. The molecular weight excluding hydrogens is 272 g/mol. The van der Waals surface area contributed by atoms with Crippen molar-refractivity contribution in [2.75, 3.05) is 0 Å². The first kappa shape index (κ1) is 14.3. The summed E-state index contributed by atoms with van der Waals surface area (Å²) in [6, 6.07) is 9.39. The van der Waals surface area contributed by atoms with E-state index in [1.807, 2.05) is 0 Å². The van der Waals surface area contributed by atoms with Gasteiger partial charge in [-0.05, 0) is 5.22 Å². The van der Waals surface area contributed by atoms with Crippen LogP contribution in [0.15, 0.2) is 24.3 Å².